The average Bonchev–Trinajstić information content (AvgIpc) is 3.10. The number of thiophene rings is 1. The van der Waals surface area contributed by atoms with Crippen LogP contribution in [0.4, 0.5) is 0 Å². The number of benzene rings is 2. The Labute approximate surface area is 133 Å². The van der Waals surface area contributed by atoms with E-state index in [2.05, 4.69) is 65.0 Å². The number of hydrogen-bond donors (Lipinski definition) is 0. The molecule has 22 heavy (non-hydrogen) atoms. The Bertz CT molecular complexity index is 856. The molecule has 2 aromatic carbocycles. The molecule has 0 saturated carbocycles. The fourth-order valence-corrected chi connectivity index (χ4v) is 3.54. The molecule has 1 heterocycles. The summed E-state index contributed by atoms with van der Waals surface area (Å²) in [7, 11) is 0. The van der Waals surface area contributed by atoms with Gasteiger partial charge in [0.15, 0.2) is 0 Å². The van der Waals surface area contributed by atoms with E-state index in [4.69, 9.17) is 0 Å². The first-order valence-corrected chi connectivity index (χ1v) is 8.07. The van der Waals surface area contributed by atoms with Crippen LogP contribution in [0.2, 0.25) is 0 Å². The second-order valence-corrected chi connectivity index (χ2v) is 6.20. The third-order valence-electron chi connectivity index (χ3n) is 3.89. The lowest BCUT2D eigenvalue weighted by Gasteiger charge is -1.98. The van der Waals surface area contributed by atoms with Crippen LogP contribution in [0.5, 0.6) is 0 Å². The van der Waals surface area contributed by atoms with Crippen LogP contribution in [0.25, 0.3) is 11.1 Å². The highest BCUT2D eigenvalue weighted by Crippen LogP contribution is 2.36. The normalized spacial score (nSPS) is 12.5. The van der Waals surface area contributed by atoms with Gasteiger partial charge in [0.05, 0.1) is 11.1 Å². The molecule has 2 nitrogen and oxygen atoms in total. The van der Waals surface area contributed by atoms with E-state index in [0.717, 1.165) is 21.7 Å². The molecule has 4 rings (SSSR count). The maximum Gasteiger partial charge on any atom is 0.101 e. The maximum absolute atomic E-state index is 4.51. The first-order valence-electron chi connectivity index (χ1n) is 7.19. The third-order valence-corrected chi connectivity index (χ3v) is 4.84. The Morgan fingerprint density at radius 2 is 1.41 bits per heavy atom. The standard InChI is InChI=1S/C19H14N2S/c1-13-10-11-22-18(13)12-20-21-19-16-8-4-2-6-14(16)15-7-3-5-9-17(15)19/h2-12H,1H3/b20-12-. The number of nitrogens with zero attached hydrogens (tertiary/aromatic N) is 2. The van der Waals surface area contributed by atoms with Gasteiger partial charge in [0, 0.05) is 11.1 Å². The van der Waals surface area contributed by atoms with Gasteiger partial charge in [-0.15, -0.1) is 16.4 Å². The molecular formula is C19H14N2S. The van der Waals surface area contributed by atoms with Gasteiger partial charge in [-0.25, -0.2) is 0 Å². The van der Waals surface area contributed by atoms with E-state index in [0.29, 0.717) is 0 Å². The summed E-state index contributed by atoms with van der Waals surface area (Å²) in [6.07, 6.45) is 1.84. The third kappa shape index (κ3) is 2.11. The number of rotatable bonds is 2. The van der Waals surface area contributed by atoms with Crippen LogP contribution in [0.3, 0.4) is 0 Å². The summed E-state index contributed by atoms with van der Waals surface area (Å²) in [4.78, 5) is 1.16. The highest BCUT2D eigenvalue weighted by atomic mass is 32.1. The van der Waals surface area contributed by atoms with E-state index in [1.165, 1.54) is 16.7 Å². The van der Waals surface area contributed by atoms with E-state index < -0.39 is 0 Å². The van der Waals surface area contributed by atoms with Gasteiger partial charge >= 0.3 is 0 Å². The van der Waals surface area contributed by atoms with Gasteiger partial charge in [-0.05, 0) is 35.1 Å². The molecule has 0 N–H and O–H groups in total. The molecule has 1 aliphatic carbocycles. The van der Waals surface area contributed by atoms with Crippen molar-refractivity contribution in [1.82, 2.24) is 0 Å². The first-order chi connectivity index (χ1) is 10.8. The SMILES string of the molecule is Cc1ccsc1/C=N\N=C1c2ccccc2-c2ccccc21. The van der Waals surface area contributed by atoms with Crippen LogP contribution in [0, 0.1) is 6.92 Å². The lowest BCUT2D eigenvalue weighted by atomic mass is 10.1. The molecule has 0 bridgehead atoms. The smallest absolute Gasteiger partial charge is 0.101 e. The van der Waals surface area contributed by atoms with E-state index in [-0.39, 0.29) is 0 Å². The molecule has 1 aromatic heterocycles. The number of hydrogen-bond acceptors (Lipinski definition) is 3. The van der Waals surface area contributed by atoms with E-state index in [9.17, 15) is 0 Å². The summed E-state index contributed by atoms with van der Waals surface area (Å²) in [5, 5.41) is 10.9. The van der Waals surface area contributed by atoms with Crippen LogP contribution in [-0.2, 0) is 0 Å². The highest BCUT2D eigenvalue weighted by Gasteiger charge is 2.23. The predicted molar refractivity (Wildman–Crippen MR) is 94.2 cm³/mol. The molecule has 106 valence electrons. The minimum Gasteiger partial charge on any atom is -0.157 e. The summed E-state index contributed by atoms with van der Waals surface area (Å²) in [6.45, 7) is 2.09. The lowest BCUT2D eigenvalue weighted by molar-refractivity contribution is 1.25. The molecule has 0 fully saturated rings. The van der Waals surface area contributed by atoms with Gasteiger partial charge < -0.3 is 0 Å². The van der Waals surface area contributed by atoms with Gasteiger partial charge in [0.1, 0.15) is 5.71 Å². The number of aryl methyl sites for hydroxylation is 1. The van der Waals surface area contributed by atoms with Gasteiger partial charge in [-0.1, -0.05) is 48.5 Å². The van der Waals surface area contributed by atoms with Crippen LogP contribution in [-0.4, -0.2) is 11.9 Å². The minimum absolute atomic E-state index is 0.955. The van der Waals surface area contributed by atoms with Crippen molar-refractivity contribution in [3.05, 3.63) is 81.5 Å². The molecule has 0 saturated heterocycles. The van der Waals surface area contributed by atoms with Crippen LogP contribution in [0.15, 0.2) is 70.2 Å². The van der Waals surface area contributed by atoms with Gasteiger partial charge in [-0.2, -0.15) is 5.10 Å². The summed E-state index contributed by atoms with van der Waals surface area (Å²) >= 11 is 1.68. The van der Waals surface area contributed by atoms with Crippen molar-refractivity contribution in [1.29, 1.82) is 0 Å². The maximum atomic E-state index is 4.51. The summed E-state index contributed by atoms with van der Waals surface area (Å²) in [6, 6.07) is 18.8. The Balaban J connectivity index is 1.80. The summed E-state index contributed by atoms with van der Waals surface area (Å²) in [5.74, 6) is 0. The molecule has 3 heteroatoms. The minimum atomic E-state index is 0.955. The van der Waals surface area contributed by atoms with Crippen LogP contribution in [0.1, 0.15) is 21.6 Å². The zero-order valence-electron chi connectivity index (χ0n) is 12.2. The monoisotopic (exact) mass is 302 g/mol. The van der Waals surface area contributed by atoms with Crippen LogP contribution < -0.4 is 0 Å². The Kier molecular flexibility index (Phi) is 3.20. The topological polar surface area (TPSA) is 24.7 Å². The molecule has 3 aromatic rings. The van der Waals surface area contributed by atoms with Gasteiger partial charge in [0.2, 0.25) is 0 Å². The second-order valence-electron chi connectivity index (χ2n) is 5.25. The fourth-order valence-electron chi connectivity index (χ4n) is 2.76. The molecule has 0 radical (unpaired) electrons. The second kappa shape index (κ2) is 5.35. The highest BCUT2D eigenvalue weighted by molar-refractivity contribution is 7.11. The van der Waals surface area contributed by atoms with Crippen molar-refractivity contribution in [3.8, 4) is 11.1 Å². The van der Waals surface area contributed by atoms with Crippen LogP contribution >= 0.6 is 11.3 Å². The molecular weight excluding hydrogens is 288 g/mol. The summed E-state index contributed by atoms with van der Waals surface area (Å²) < 4.78 is 0. The molecule has 0 amide bonds. The van der Waals surface area contributed by atoms with Crippen molar-refractivity contribution < 1.29 is 0 Å². The molecule has 0 aliphatic heterocycles. The molecule has 0 unspecified atom stereocenters. The lowest BCUT2D eigenvalue weighted by Crippen LogP contribution is -1.97. The number of fused-ring (bicyclic) bond motifs is 3. The van der Waals surface area contributed by atoms with Crippen molar-refractivity contribution in [2.75, 3.05) is 0 Å². The van der Waals surface area contributed by atoms with E-state index >= 15 is 0 Å². The van der Waals surface area contributed by atoms with Gasteiger partial charge in [0.25, 0.3) is 0 Å². The zero-order valence-corrected chi connectivity index (χ0v) is 13.0. The van der Waals surface area contributed by atoms with Crippen molar-refractivity contribution in [2.24, 2.45) is 10.2 Å². The van der Waals surface area contributed by atoms with Crippen molar-refractivity contribution >= 4 is 23.3 Å². The predicted octanol–water partition coefficient (Wildman–Crippen LogP) is 4.91. The van der Waals surface area contributed by atoms with E-state index in [1.807, 2.05) is 18.3 Å². The molecule has 1 aliphatic rings. The van der Waals surface area contributed by atoms with E-state index in [1.54, 1.807) is 11.3 Å². The summed E-state index contributed by atoms with van der Waals surface area (Å²) in [5.41, 5.74) is 6.98. The first kappa shape index (κ1) is 13.2. The van der Waals surface area contributed by atoms with Gasteiger partial charge in [-0.3, -0.25) is 0 Å². The Morgan fingerprint density at radius 1 is 0.818 bits per heavy atom. The zero-order chi connectivity index (χ0) is 14.9. The van der Waals surface area contributed by atoms with Crippen molar-refractivity contribution in [2.45, 2.75) is 6.92 Å². The largest absolute Gasteiger partial charge is 0.157 e. The quantitative estimate of drug-likeness (QED) is 0.371. The Morgan fingerprint density at radius 3 is 1.95 bits per heavy atom. The Hall–Kier alpha value is -2.52. The van der Waals surface area contributed by atoms with Crippen molar-refractivity contribution in [3.63, 3.8) is 0 Å². The average molecular weight is 302 g/mol. The fraction of sp³-hybridized carbons (Fsp3) is 0.0526. The molecule has 0 atom stereocenters. The molecule has 0 spiro atoms.